The first-order chi connectivity index (χ1) is 14.2. The van der Waals surface area contributed by atoms with E-state index >= 15 is 0 Å². The Hall–Kier alpha value is -2.24. The number of halogens is 1. The van der Waals surface area contributed by atoms with E-state index in [4.69, 9.17) is 11.6 Å². The third-order valence-electron chi connectivity index (χ3n) is 6.02. The number of carbonyl (C=O) groups excluding carboxylic acids is 1. The molecule has 1 atom stereocenters. The van der Waals surface area contributed by atoms with Gasteiger partial charge in [-0.15, -0.1) is 0 Å². The summed E-state index contributed by atoms with van der Waals surface area (Å²) in [7, 11) is 3.88. The number of benzene rings is 2. The number of rotatable bonds is 2. The van der Waals surface area contributed by atoms with Crippen LogP contribution in [0.2, 0.25) is 5.02 Å². The summed E-state index contributed by atoms with van der Waals surface area (Å²) < 4.78 is 0. The maximum atomic E-state index is 12.8. The normalized spacial score (nSPS) is 23.4. The fourth-order valence-electron chi connectivity index (χ4n) is 4.12. The van der Waals surface area contributed by atoms with Crippen LogP contribution in [0.25, 0.3) is 6.08 Å². The van der Waals surface area contributed by atoms with Crippen molar-refractivity contribution in [2.24, 2.45) is 4.99 Å². The van der Waals surface area contributed by atoms with Gasteiger partial charge in [0.15, 0.2) is 5.17 Å². The van der Waals surface area contributed by atoms with Gasteiger partial charge in [0.05, 0.1) is 10.6 Å². The highest BCUT2D eigenvalue weighted by Gasteiger charge is 2.35. The Morgan fingerprint density at radius 1 is 1.20 bits per heavy atom. The Morgan fingerprint density at radius 2 is 1.90 bits per heavy atom. The molecule has 2 aromatic rings. The molecule has 4 nitrogen and oxygen atoms in total. The fraction of sp³-hybridized carbons (Fsp3) is 0.333. The van der Waals surface area contributed by atoms with E-state index in [1.807, 2.05) is 42.5 Å². The fourth-order valence-corrected chi connectivity index (χ4v) is 5.31. The Kier molecular flexibility index (Phi) is 5.45. The quantitative estimate of drug-likeness (QED) is 0.515. The number of thioether (sulfide) groups is 1. The number of carbonyl (C=O) groups is 1. The average Bonchev–Trinajstić information content (AvgIpc) is 2.96. The standard InChI is InChI=1S/C24H26ClN3OS/c1-15-14-24(2,3)28(5)20-13-19(25)16(11-18(15)20)12-21-22(29)27(4)23(30-21)26-17-9-7-6-8-10-17/h6-13,15H,14H2,1-5H3/b21-12-,26-23?. The second-order valence-electron chi connectivity index (χ2n) is 8.61. The number of aliphatic imine (C=N–C) groups is 1. The first-order valence-electron chi connectivity index (χ1n) is 10.1. The molecule has 2 aromatic carbocycles. The van der Waals surface area contributed by atoms with Crippen LogP contribution >= 0.6 is 23.4 Å². The van der Waals surface area contributed by atoms with Crippen LogP contribution in [0.3, 0.4) is 0 Å². The molecule has 0 bridgehead atoms. The monoisotopic (exact) mass is 439 g/mol. The lowest BCUT2D eigenvalue weighted by Crippen LogP contribution is -2.45. The third-order valence-corrected chi connectivity index (χ3v) is 7.41. The van der Waals surface area contributed by atoms with Crippen molar-refractivity contribution in [2.75, 3.05) is 19.0 Å². The molecule has 2 aliphatic rings. The number of amidine groups is 1. The summed E-state index contributed by atoms with van der Waals surface area (Å²) >= 11 is 8.04. The molecule has 0 aromatic heterocycles. The Bertz CT molecular complexity index is 1060. The van der Waals surface area contributed by atoms with Gasteiger partial charge < -0.3 is 4.90 Å². The van der Waals surface area contributed by atoms with Crippen LogP contribution in [0, 0.1) is 0 Å². The number of amides is 1. The predicted molar refractivity (Wildman–Crippen MR) is 129 cm³/mol. The van der Waals surface area contributed by atoms with Crippen LogP contribution in [-0.2, 0) is 4.79 Å². The summed E-state index contributed by atoms with van der Waals surface area (Å²) in [5.41, 5.74) is 4.22. The molecule has 4 rings (SSSR count). The third kappa shape index (κ3) is 3.77. The molecule has 1 amide bonds. The maximum absolute atomic E-state index is 12.8. The molecule has 156 valence electrons. The topological polar surface area (TPSA) is 35.9 Å². The van der Waals surface area contributed by atoms with Gasteiger partial charge in [0.2, 0.25) is 0 Å². The largest absolute Gasteiger partial charge is 0.369 e. The lowest BCUT2D eigenvalue weighted by atomic mass is 9.80. The first-order valence-corrected chi connectivity index (χ1v) is 11.3. The van der Waals surface area contributed by atoms with Gasteiger partial charge in [-0.25, -0.2) is 4.99 Å². The van der Waals surface area contributed by atoms with Crippen LogP contribution in [0.4, 0.5) is 11.4 Å². The number of anilines is 1. The second-order valence-corrected chi connectivity index (χ2v) is 10.0. The lowest BCUT2D eigenvalue weighted by Gasteiger charge is -2.45. The van der Waals surface area contributed by atoms with E-state index in [2.05, 4.69) is 43.8 Å². The number of hydrogen-bond donors (Lipinski definition) is 0. The smallest absolute Gasteiger partial charge is 0.266 e. The number of likely N-dealkylation sites (N-methyl/N-ethyl adjacent to an activating group) is 1. The molecule has 0 aliphatic carbocycles. The summed E-state index contributed by atoms with van der Waals surface area (Å²) in [5.74, 6) is 0.361. The Morgan fingerprint density at radius 3 is 2.60 bits per heavy atom. The Labute approximate surface area is 187 Å². The summed E-state index contributed by atoms with van der Waals surface area (Å²) in [5, 5.41) is 1.32. The first kappa shape index (κ1) is 21.0. The van der Waals surface area contributed by atoms with Gasteiger partial charge in [0, 0.05) is 30.3 Å². The van der Waals surface area contributed by atoms with Crippen LogP contribution in [-0.4, -0.2) is 35.6 Å². The van der Waals surface area contributed by atoms with Crippen molar-refractivity contribution < 1.29 is 4.79 Å². The number of fused-ring (bicyclic) bond motifs is 1. The molecule has 0 N–H and O–H groups in total. The van der Waals surface area contributed by atoms with E-state index in [1.165, 1.54) is 23.0 Å². The minimum atomic E-state index is -0.0604. The van der Waals surface area contributed by atoms with Crippen molar-refractivity contribution in [3.05, 3.63) is 63.5 Å². The van der Waals surface area contributed by atoms with Gasteiger partial charge in [-0.05, 0) is 79.4 Å². The molecule has 1 saturated heterocycles. The van der Waals surface area contributed by atoms with Gasteiger partial charge in [-0.2, -0.15) is 0 Å². The highest BCUT2D eigenvalue weighted by molar-refractivity contribution is 8.18. The van der Waals surface area contributed by atoms with Gasteiger partial charge in [-0.1, -0.05) is 36.7 Å². The van der Waals surface area contributed by atoms with E-state index in [0.717, 1.165) is 17.7 Å². The van der Waals surface area contributed by atoms with Crippen LogP contribution in [0.5, 0.6) is 0 Å². The summed E-state index contributed by atoms with van der Waals surface area (Å²) in [6, 6.07) is 13.8. The van der Waals surface area contributed by atoms with Gasteiger partial charge in [0.1, 0.15) is 0 Å². The minimum absolute atomic E-state index is 0.0604. The van der Waals surface area contributed by atoms with E-state index in [9.17, 15) is 4.79 Å². The average molecular weight is 440 g/mol. The zero-order valence-corrected chi connectivity index (χ0v) is 19.5. The van der Waals surface area contributed by atoms with Crippen molar-refractivity contribution in [2.45, 2.75) is 38.6 Å². The van der Waals surface area contributed by atoms with Crippen molar-refractivity contribution >= 4 is 51.9 Å². The second kappa shape index (κ2) is 7.78. The number of nitrogens with zero attached hydrogens (tertiary/aromatic N) is 3. The van der Waals surface area contributed by atoms with E-state index in [-0.39, 0.29) is 11.4 Å². The van der Waals surface area contributed by atoms with Gasteiger partial charge in [0.25, 0.3) is 5.91 Å². The summed E-state index contributed by atoms with van der Waals surface area (Å²) in [6.45, 7) is 6.77. The van der Waals surface area contributed by atoms with E-state index in [0.29, 0.717) is 21.0 Å². The zero-order chi connectivity index (χ0) is 21.6. The molecule has 0 radical (unpaired) electrons. The van der Waals surface area contributed by atoms with Crippen LogP contribution in [0.15, 0.2) is 52.4 Å². The van der Waals surface area contributed by atoms with Gasteiger partial charge >= 0.3 is 0 Å². The molecular formula is C24H26ClN3OS. The predicted octanol–water partition coefficient (Wildman–Crippen LogP) is 6.30. The number of para-hydroxylation sites is 1. The van der Waals surface area contributed by atoms with Crippen LogP contribution in [0.1, 0.15) is 44.2 Å². The van der Waals surface area contributed by atoms with E-state index < -0.39 is 0 Å². The SMILES string of the molecule is CC1CC(C)(C)N(C)c2cc(Cl)c(/C=C3\SC(=Nc4ccccc4)N(C)C3=O)cc21. The zero-order valence-electron chi connectivity index (χ0n) is 17.9. The highest BCUT2D eigenvalue weighted by atomic mass is 35.5. The van der Waals surface area contributed by atoms with Crippen LogP contribution < -0.4 is 4.90 Å². The molecule has 0 saturated carbocycles. The molecule has 30 heavy (non-hydrogen) atoms. The van der Waals surface area contributed by atoms with E-state index in [1.54, 1.807) is 11.9 Å². The van der Waals surface area contributed by atoms with Crippen molar-refractivity contribution in [1.82, 2.24) is 4.90 Å². The van der Waals surface area contributed by atoms with Crippen molar-refractivity contribution in [3.63, 3.8) is 0 Å². The van der Waals surface area contributed by atoms with Crippen molar-refractivity contribution in [3.8, 4) is 0 Å². The summed E-state index contributed by atoms with van der Waals surface area (Å²) in [6.07, 6.45) is 2.96. The minimum Gasteiger partial charge on any atom is -0.369 e. The molecule has 2 aliphatic heterocycles. The molecule has 2 heterocycles. The Balaban J connectivity index is 1.70. The highest BCUT2D eigenvalue weighted by Crippen LogP contribution is 2.45. The van der Waals surface area contributed by atoms with Gasteiger partial charge in [-0.3, -0.25) is 9.69 Å². The maximum Gasteiger partial charge on any atom is 0.266 e. The summed E-state index contributed by atoms with van der Waals surface area (Å²) in [4.78, 5) is 22.0. The molecule has 1 unspecified atom stereocenters. The molecule has 6 heteroatoms. The molecular weight excluding hydrogens is 414 g/mol. The molecule has 0 spiro atoms. The lowest BCUT2D eigenvalue weighted by molar-refractivity contribution is -0.121. The number of hydrogen-bond acceptors (Lipinski definition) is 4. The molecule has 1 fully saturated rings. The van der Waals surface area contributed by atoms with Crippen molar-refractivity contribution in [1.29, 1.82) is 0 Å².